The average molecular weight is 204 g/mol. The lowest BCUT2D eigenvalue weighted by molar-refractivity contribution is 0.600. The molecule has 15 heavy (non-hydrogen) atoms. The molecule has 1 heterocycles. The van der Waals surface area contributed by atoms with Crippen molar-refractivity contribution in [3.63, 3.8) is 0 Å². The topological polar surface area (TPSA) is 29.3 Å². The van der Waals surface area contributed by atoms with Crippen molar-refractivity contribution in [3.8, 4) is 0 Å². The lowest BCUT2D eigenvalue weighted by atomic mass is 10.1. The van der Waals surface area contributed by atoms with Gasteiger partial charge in [0, 0.05) is 24.0 Å². The molecule has 0 bridgehead atoms. The van der Waals surface area contributed by atoms with Crippen LogP contribution in [0.3, 0.4) is 0 Å². The van der Waals surface area contributed by atoms with Gasteiger partial charge in [-0.05, 0) is 37.5 Å². The van der Waals surface area contributed by atoms with Gasteiger partial charge in [-0.3, -0.25) is 0 Å². The van der Waals surface area contributed by atoms with Gasteiger partial charge in [-0.25, -0.2) is 0 Å². The quantitative estimate of drug-likeness (QED) is 0.767. The predicted molar refractivity (Wildman–Crippen MR) is 66.1 cm³/mol. The lowest BCUT2D eigenvalue weighted by Gasteiger charge is -2.26. The molecule has 0 saturated carbocycles. The Morgan fingerprint density at radius 2 is 2.33 bits per heavy atom. The molecule has 0 aliphatic carbocycles. The summed E-state index contributed by atoms with van der Waals surface area (Å²) in [5.41, 5.74) is 7.99. The van der Waals surface area contributed by atoms with Crippen molar-refractivity contribution < 1.29 is 0 Å². The van der Waals surface area contributed by atoms with Crippen LogP contribution in [-0.2, 0) is 0 Å². The van der Waals surface area contributed by atoms with Crippen LogP contribution < -0.4 is 10.6 Å². The van der Waals surface area contributed by atoms with E-state index in [4.69, 9.17) is 5.73 Å². The van der Waals surface area contributed by atoms with E-state index >= 15 is 0 Å². The number of hydrogen-bond donors (Lipinski definition) is 1. The van der Waals surface area contributed by atoms with Gasteiger partial charge in [0.15, 0.2) is 0 Å². The van der Waals surface area contributed by atoms with Crippen LogP contribution in [-0.4, -0.2) is 12.6 Å². The summed E-state index contributed by atoms with van der Waals surface area (Å²) >= 11 is 0. The number of benzene rings is 1. The number of nitrogens with two attached hydrogens (primary N) is 1. The van der Waals surface area contributed by atoms with E-state index in [0.717, 1.165) is 11.7 Å². The van der Waals surface area contributed by atoms with Crippen LogP contribution in [0.1, 0.15) is 32.6 Å². The first-order valence-electron chi connectivity index (χ1n) is 5.93. The van der Waals surface area contributed by atoms with Gasteiger partial charge in [0.25, 0.3) is 0 Å². The van der Waals surface area contributed by atoms with Crippen LogP contribution in [0.5, 0.6) is 0 Å². The molecule has 1 aromatic carbocycles. The second-order valence-corrected chi connectivity index (χ2v) is 4.37. The fourth-order valence-corrected chi connectivity index (χ4v) is 2.51. The van der Waals surface area contributed by atoms with Crippen molar-refractivity contribution in [2.75, 3.05) is 17.2 Å². The van der Waals surface area contributed by atoms with E-state index < -0.39 is 0 Å². The fourth-order valence-electron chi connectivity index (χ4n) is 2.51. The molecule has 0 aromatic heterocycles. The smallest absolute Gasteiger partial charge is 0.0389 e. The summed E-state index contributed by atoms with van der Waals surface area (Å²) in [5.74, 6) is 0. The zero-order valence-corrected chi connectivity index (χ0v) is 9.45. The van der Waals surface area contributed by atoms with Gasteiger partial charge in [-0.1, -0.05) is 19.4 Å². The molecule has 0 radical (unpaired) electrons. The summed E-state index contributed by atoms with van der Waals surface area (Å²) in [4.78, 5) is 2.51. The Kier molecular flexibility index (Phi) is 3.14. The molecule has 2 N–H and O–H groups in total. The Hall–Kier alpha value is -1.18. The Morgan fingerprint density at radius 3 is 3.07 bits per heavy atom. The largest absolute Gasteiger partial charge is 0.399 e. The van der Waals surface area contributed by atoms with Gasteiger partial charge < -0.3 is 10.6 Å². The summed E-state index contributed by atoms with van der Waals surface area (Å²) in [6.45, 7) is 3.45. The molecular formula is C13H20N2. The van der Waals surface area contributed by atoms with E-state index in [1.165, 1.54) is 37.9 Å². The maximum Gasteiger partial charge on any atom is 0.0389 e. The van der Waals surface area contributed by atoms with Crippen LogP contribution in [0.4, 0.5) is 11.4 Å². The fraction of sp³-hybridized carbons (Fsp3) is 0.538. The van der Waals surface area contributed by atoms with Crippen LogP contribution in [0.15, 0.2) is 24.3 Å². The van der Waals surface area contributed by atoms with Crippen molar-refractivity contribution in [2.45, 2.75) is 38.6 Å². The normalized spacial score (nSPS) is 20.9. The maximum atomic E-state index is 5.82. The van der Waals surface area contributed by atoms with Crippen molar-refractivity contribution in [1.82, 2.24) is 0 Å². The number of anilines is 2. The third kappa shape index (κ3) is 2.25. The van der Waals surface area contributed by atoms with Crippen molar-refractivity contribution in [1.29, 1.82) is 0 Å². The van der Waals surface area contributed by atoms with E-state index in [9.17, 15) is 0 Å². The number of nitrogen functional groups attached to an aromatic ring is 1. The molecule has 1 saturated heterocycles. The predicted octanol–water partition coefficient (Wildman–Crippen LogP) is 3.04. The van der Waals surface area contributed by atoms with Gasteiger partial charge >= 0.3 is 0 Å². The Morgan fingerprint density at radius 1 is 1.47 bits per heavy atom. The minimum absolute atomic E-state index is 0.733. The second-order valence-electron chi connectivity index (χ2n) is 4.37. The first-order valence-corrected chi connectivity index (χ1v) is 5.93. The summed E-state index contributed by atoms with van der Waals surface area (Å²) in [5, 5.41) is 0. The van der Waals surface area contributed by atoms with Crippen LogP contribution >= 0.6 is 0 Å². The number of hydrogen-bond acceptors (Lipinski definition) is 2. The first-order chi connectivity index (χ1) is 7.31. The van der Waals surface area contributed by atoms with E-state index in [0.29, 0.717) is 0 Å². The molecule has 1 unspecified atom stereocenters. The van der Waals surface area contributed by atoms with E-state index in [1.807, 2.05) is 12.1 Å². The zero-order valence-electron chi connectivity index (χ0n) is 9.45. The van der Waals surface area contributed by atoms with Gasteiger partial charge in [-0.2, -0.15) is 0 Å². The first kappa shape index (κ1) is 10.3. The van der Waals surface area contributed by atoms with Crippen LogP contribution in [0.25, 0.3) is 0 Å². The Labute approximate surface area is 92.1 Å². The summed E-state index contributed by atoms with van der Waals surface area (Å²) < 4.78 is 0. The molecule has 1 aromatic rings. The highest BCUT2D eigenvalue weighted by atomic mass is 15.2. The van der Waals surface area contributed by atoms with Gasteiger partial charge in [-0.15, -0.1) is 0 Å². The number of rotatable bonds is 3. The molecule has 0 amide bonds. The summed E-state index contributed by atoms with van der Waals surface area (Å²) in [6.07, 6.45) is 5.22. The maximum absolute atomic E-state index is 5.82. The molecule has 2 heteroatoms. The summed E-state index contributed by atoms with van der Waals surface area (Å²) in [7, 11) is 0. The van der Waals surface area contributed by atoms with E-state index in [2.05, 4.69) is 24.0 Å². The highest BCUT2D eigenvalue weighted by Gasteiger charge is 2.23. The molecule has 82 valence electrons. The van der Waals surface area contributed by atoms with E-state index in [1.54, 1.807) is 0 Å². The third-order valence-corrected chi connectivity index (χ3v) is 3.20. The second kappa shape index (κ2) is 4.56. The minimum Gasteiger partial charge on any atom is -0.399 e. The monoisotopic (exact) mass is 204 g/mol. The van der Waals surface area contributed by atoms with Gasteiger partial charge in [0.2, 0.25) is 0 Å². The molecule has 2 nitrogen and oxygen atoms in total. The van der Waals surface area contributed by atoms with Crippen molar-refractivity contribution in [3.05, 3.63) is 24.3 Å². The molecule has 1 aliphatic rings. The molecule has 2 rings (SSSR count). The minimum atomic E-state index is 0.733. The molecular weight excluding hydrogens is 184 g/mol. The molecule has 1 atom stereocenters. The standard InChI is InChI=1S/C13H20N2/c1-2-5-12-8-4-9-15(12)13-7-3-6-11(14)10-13/h3,6-7,10,12H,2,4-5,8-9,14H2,1H3. The Bertz CT molecular complexity index is 322. The highest BCUT2D eigenvalue weighted by Crippen LogP contribution is 2.28. The SMILES string of the molecule is CCCC1CCCN1c1cccc(N)c1. The molecule has 1 fully saturated rings. The highest BCUT2D eigenvalue weighted by molar-refractivity contribution is 5.57. The summed E-state index contributed by atoms with van der Waals surface area (Å²) in [6, 6.07) is 9.00. The van der Waals surface area contributed by atoms with Crippen LogP contribution in [0, 0.1) is 0 Å². The van der Waals surface area contributed by atoms with Crippen molar-refractivity contribution >= 4 is 11.4 Å². The van der Waals surface area contributed by atoms with Crippen molar-refractivity contribution in [2.24, 2.45) is 0 Å². The van der Waals surface area contributed by atoms with E-state index in [-0.39, 0.29) is 0 Å². The molecule has 1 aliphatic heterocycles. The van der Waals surface area contributed by atoms with Crippen LogP contribution in [0.2, 0.25) is 0 Å². The molecule has 0 spiro atoms. The zero-order chi connectivity index (χ0) is 10.7. The third-order valence-electron chi connectivity index (χ3n) is 3.20. The van der Waals surface area contributed by atoms with Gasteiger partial charge in [0.05, 0.1) is 0 Å². The average Bonchev–Trinajstić information content (AvgIpc) is 2.66. The number of nitrogens with zero attached hydrogens (tertiary/aromatic N) is 1. The Balaban J connectivity index is 2.15. The lowest BCUT2D eigenvalue weighted by Crippen LogP contribution is -2.28. The van der Waals surface area contributed by atoms with Gasteiger partial charge in [0.1, 0.15) is 0 Å².